The van der Waals surface area contributed by atoms with Crippen LogP contribution in [-0.4, -0.2) is 30.3 Å². The number of aromatic nitrogens is 1. The molecule has 0 fully saturated rings. The Kier molecular flexibility index (Phi) is 10.3. The molecule has 1 aromatic carbocycles. The van der Waals surface area contributed by atoms with Crippen LogP contribution in [0.2, 0.25) is 0 Å². The fraction of sp³-hybridized carbons (Fsp3) is 0.375. The first-order chi connectivity index (χ1) is 10.8. The molecule has 4 nitrogen and oxygen atoms in total. The molecule has 2 N–H and O–H groups in total. The topological polar surface area (TPSA) is 49.3 Å². The van der Waals surface area contributed by atoms with Crippen LogP contribution in [0.3, 0.4) is 0 Å². The van der Waals surface area contributed by atoms with Crippen LogP contribution in [0.5, 0.6) is 0 Å². The van der Waals surface area contributed by atoms with E-state index in [1.54, 1.807) is 30.1 Å². The molecule has 0 amide bonds. The van der Waals surface area contributed by atoms with Crippen molar-refractivity contribution < 1.29 is 0 Å². The fourth-order valence-electron chi connectivity index (χ4n) is 1.94. The van der Waals surface area contributed by atoms with E-state index < -0.39 is 0 Å². The van der Waals surface area contributed by atoms with Gasteiger partial charge in [0.05, 0.1) is 6.04 Å². The number of thiazole rings is 1. The van der Waals surface area contributed by atoms with Gasteiger partial charge in [-0.3, -0.25) is 4.99 Å². The zero-order valence-corrected chi connectivity index (χ0v) is 17.3. The minimum atomic E-state index is 0. The highest BCUT2D eigenvalue weighted by Crippen LogP contribution is 2.20. The third-order valence-electron chi connectivity index (χ3n) is 3.13. The summed E-state index contributed by atoms with van der Waals surface area (Å²) < 4.78 is 1.14. The highest BCUT2D eigenvalue weighted by atomic mass is 127. The third-order valence-corrected chi connectivity index (χ3v) is 5.18. The molecule has 2 rings (SSSR count). The second-order valence-corrected chi connectivity index (χ2v) is 7.01. The van der Waals surface area contributed by atoms with E-state index in [9.17, 15) is 0 Å². The third kappa shape index (κ3) is 7.54. The largest absolute Gasteiger partial charge is 0.356 e. The highest BCUT2D eigenvalue weighted by molar-refractivity contribution is 14.0. The number of thioether (sulfide) groups is 1. The Labute approximate surface area is 163 Å². The Morgan fingerprint density at radius 2 is 2.13 bits per heavy atom. The van der Waals surface area contributed by atoms with Gasteiger partial charge < -0.3 is 10.6 Å². The van der Waals surface area contributed by atoms with Crippen LogP contribution in [0.25, 0.3) is 0 Å². The van der Waals surface area contributed by atoms with Gasteiger partial charge in [0.15, 0.2) is 5.96 Å². The Bertz CT molecular complexity index is 561. The first kappa shape index (κ1) is 20.2. The van der Waals surface area contributed by atoms with Gasteiger partial charge in [-0.15, -0.1) is 35.3 Å². The lowest BCUT2D eigenvalue weighted by Gasteiger charge is -2.18. The number of nitrogens with zero attached hydrogens (tertiary/aromatic N) is 2. The lowest BCUT2D eigenvalue weighted by Crippen LogP contribution is -2.39. The first-order valence-electron chi connectivity index (χ1n) is 7.34. The SMILES string of the molecule is CN=C(NCCCSc1nccs1)NC(C)c1ccccc1.I. The lowest BCUT2D eigenvalue weighted by atomic mass is 10.1. The zero-order valence-electron chi connectivity index (χ0n) is 13.4. The molecule has 2 aromatic rings. The molecular formula is C16H23IN4S2. The quantitative estimate of drug-likeness (QED) is 0.213. The van der Waals surface area contributed by atoms with Crippen molar-refractivity contribution in [2.45, 2.75) is 23.7 Å². The van der Waals surface area contributed by atoms with Gasteiger partial charge in [-0.25, -0.2) is 4.98 Å². The molecule has 0 aliphatic heterocycles. The second-order valence-electron chi connectivity index (χ2n) is 4.78. The van der Waals surface area contributed by atoms with Gasteiger partial charge in [0.1, 0.15) is 4.34 Å². The summed E-state index contributed by atoms with van der Waals surface area (Å²) in [7, 11) is 1.80. The van der Waals surface area contributed by atoms with Crippen molar-refractivity contribution in [1.82, 2.24) is 15.6 Å². The molecule has 0 saturated heterocycles. The van der Waals surface area contributed by atoms with Crippen molar-refractivity contribution in [2.75, 3.05) is 19.3 Å². The van der Waals surface area contributed by atoms with Crippen LogP contribution in [0, 0.1) is 0 Å². The molecule has 0 aliphatic rings. The van der Waals surface area contributed by atoms with Gasteiger partial charge in [0.25, 0.3) is 0 Å². The lowest BCUT2D eigenvalue weighted by molar-refractivity contribution is 0.682. The van der Waals surface area contributed by atoms with Crippen LogP contribution >= 0.6 is 47.1 Å². The summed E-state index contributed by atoms with van der Waals surface area (Å²) in [5, 5.41) is 8.78. The van der Waals surface area contributed by atoms with E-state index >= 15 is 0 Å². The minimum absolute atomic E-state index is 0. The molecule has 1 heterocycles. The molecular weight excluding hydrogens is 439 g/mol. The smallest absolute Gasteiger partial charge is 0.191 e. The van der Waals surface area contributed by atoms with Crippen LogP contribution in [0.4, 0.5) is 0 Å². The monoisotopic (exact) mass is 462 g/mol. The number of benzene rings is 1. The molecule has 0 spiro atoms. The van der Waals surface area contributed by atoms with Crippen molar-refractivity contribution in [3.63, 3.8) is 0 Å². The number of guanidine groups is 1. The highest BCUT2D eigenvalue weighted by Gasteiger charge is 2.06. The Hall–Kier alpha value is -0.800. The number of rotatable bonds is 7. The predicted molar refractivity (Wildman–Crippen MR) is 112 cm³/mol. The van der Waals surface area contributed by atoms with E-state index in [4.69, 9.17) is 0 Å². The Morgan fingerprint density at radius 1 is 1.35 bits per heavy atom. The number of nitrogens with one attached hydrogen (secondary N) is 2. The number of aliphatic imine (C=N–C) groups is 1. The summed E-state index contributed by atoms with van der Waals surface area (Å²) >= 11 is 3.50. The maximum absolute atomic E-state index is 4.28. The Balaban J connectivity index is 0.00000264. The van der Waals surface area contributed by atoms with Crippen LogP contribution in [0.1, 0.15) is 24.9 Å². The molecule has 23 heavy (non-hydrogen) atoms. The first-order valence-corrected chi connectivity index (χ1v) is 9.20. The normalized spacial score (nSPS) is 12.3. The average molecular weight is 462 g/mol. The van der Waals surface area contributed by atoms with Crippen LogP contribution in [0.15, 0.2) is 51.2 Å². The molecule has 0 radical (unpaired) electrons. The second kappa shape index (κ2) is 11.7. The molecule has 7 heteroatoms. The summed E-state index contributed by atoms with van der Waals surface area (Å²) in [6.07, 6.45) is 2.92. The number of halogens is 1. The van der Waals surface area contributed by atoms with Crippen molar-refractivity contribution >= 4 is 53.0 Å². The maximum atomic E-state index is 4.28. The van der Waals surface area contributed by atoms with Gasteiger partial charge >= 0.3 is 0 Å². The van der Waals surface area contributed by atoms with Gasteiger partial charge in [-0.1, -0.05) is 42.1 Å². The molecule has 1 aromatic heterocycles. The van der Waals surface area contributed by atoms with Crippen molar-refractivity contribution in [3.8, 4) is 0 Å². The standard InChI is InChI=1S/C16H22N4S2.HI/c1-13(14-7-4-3-5-8-14)20-15(17-2)18-9-6-11-21-16-19-10-12-22-16;/h3-5,7-8,10,12-13H,6,9,11H2,1-2H3,(H2,17,18,20);1H. The zero-order chi connectivity index (χ0) is 15.6. The molecule has 1 atom stereocenters. The van der Waals surface area contributed by atoms with Crippen LogP contribution in [-0.2, 0) is 0 Å². The van der Waals surface area contributed by atoms with E-state index in [-0.39, 0.29) is 30.0 Å². The molecule has 1 unspecified atom stereocenters. The van der Waals surface area contributed by atoms with Crippen molar-refractivity contribution in [1.29, 1.82) is 0 Å². The van der Waals surface area contributed by atoms with Crippen molar-refractivity contribution in [3.05, 3.63) is 47.5 Å². The van der Waals surface area contributed by atoms with E-state index in [1.807, 2.05) is 17.6 Å². The molecule has 0 bridgehead atoms. The number of hydrogen-bond donors (Lipinski definition) is 2. The molecule has 0 aliphatic carbocycles. The van der Waals surface area contributed by atoms with Gasteiger partial charge in [0, 0.05) is 30.9 Å². The van der Waals surface area contributed by atoms with E-state index in [1.165, 1.54) is 5.56 Å². The van der Waals surface area contributed by atoms with Crippen molar-refractivity contribution in [2.24, 2.45) is 4.99 Å². The summed E-state index contributed by atoms with van der Waals surface area (Å²) in [6.45, 7) is 3.04. The van der Waals surface area contributed by atoms with Gasteiger partial charge in [0.2, 0.25) is 0 Å². The number of hydrogen-bond acceptors (Lipinski definition) is 4. The van der Waals surface area contributed by atoms with Gasteiger partial charge in [-0.05, 0) is 18.9 Å². The minimum Gasteiger partial charge on any atom is -0.356 e. The summed E-state index contributed by atoms with van der Waals surface area (Å²) in [5.41, 5.74) is 1.25. The molecule has 126 valence electrons. The van der Waals surface area contributed by atoms with Crippen LogP contribution < -0.4 is 10.6 Å². The summed E-state index contributed by atoms with van der Waals surface area (Å²) in [5.74, 6) is 1.90. The van der Waals surface area contributed by atoms with Gasteiger partial charge in [-0.2, -0.15) is 0 Å². The Morgan fingerprint density at radius 3 is 2.78 bits per heavy atom. The maximum Gasteiger partial charge on any atom is 0.191 e. The van der Waals surface area contributed by atoms with E-state index in [0.717, 1.165) is 29.0 Å². The summed E-state index contributed by atoms with van der Waals surface area (Å²) in [4.78, 5) is 8.54. The van der Waals surface area contributed by atoms with E-state index in [0.29, 0.717) is 0 Å². The fourth-order valence-corrected chi connectivity index (χ4v) is 3.59. The average Bonchev–Trinajstić information content (AvgIpc) is 3.07. The summed E-state index contributed by atoms with van der Waals surface area (Å²) in [6, 6.07) is 10.6. The van der Waals surface area contributed by atoms with E-state index in [2.05, 4.69) is 51.8 Å². The predicted octanol–water partition coefficient (Wildman–Crippen LogP) is 4.17. The molecule has 0 saturated carbocycles.